The van der Waals surface area contributed by atoms with Gasteiger partial charge in [-0.05, 0) is 68.0 Å². The number of ether oxygens (including phenoxy) is 1. The van der Waals surface area contributed by atoms with Gasteiger partial charge in [-0.25, -0.2) is 14.4 Å². The second-order valence-electron chi connectivity index (χ2n) is 9.09. The number of carbonyl (C=O) groups excluding carboxylic acids is 1. The third-order valence-electron chi connectivity index (χ3n) is 6.66. The number of nitriles is 1. The van der Waals surface area contributed by atoms with Crippen molar-refractivity contribution >= 4 is 39.3 Å². The Labute approximate surface area is 217 Å². The van der Waals surface area contributed by atoms with Crippen molar-refractivity contribution in [1.29, 1.82) is 5.26 Å². The summed E-state index contributed by atoms with van der Waals surface area (Å²) in [5.74, 6) is -0.163. The highest BCUT2D eigenvalue weighted by molar-refractivity contribution is 7.16. The van der Waals surface area contributed by atoms with E-state index >= 15 is 0 Å². The van der Waals surface area contributed by atoms with Crippen LogP contribution < -0.4 is 5.56 Å². The third-order valence-corrected chi connectivity index (χ3v) is 7.82. The molecule has 2 heterocycles. The number of thiophene rings is 1. The van der Waals surface area contributed by atoms with Gasteiger partial charge in [-0.15, -0.1) is 11.3 Å². The number of aromatic hydroxyl groups is 1. The van der Waals surface area contributed by atoms with Gasteiger partial charge in [0.25, 0.3) is 5.56 Å². The number of hydrogen-bond donors (Lipinski definition) is 1. The molecule has 37 heavy (non-hydrogen) atoms. The number of rotatable bonds is 5. The highest BCUT2D eigenvalue weighted by Crippen LogP contribution is 2.41. The topological polar surface area (TPSA) is 105 Å². The van der Waals surface area contributed by atoms with Gasteiger partial charge in [-0.2, -0.15) is 5.26 Å². The molecule has 0 saturated heterocycles. The first-order chi connectivity index (χ1) is 17.9. The van der Waals surface area contributed by atoms with Crippen LogP contribution in [0.2, 0.25) is 0 Å². The standard InChI is InChI=1S/C29H25N3O4S/c1-3-36-29(35)18-9-11-19(12-10-18)32-27(33)22-7-5-4-6-20(22)24(28(32)34)16-31-26-23(15-30)21-13-8-17(2)14-25(21)37-26/h4-7,9-12,16-17,34H,3,8,13-14H2,1-2H3/b31-16+. The van der Waals surface area contributed by atoms with Crippen LogP contribution in [0.4, 0.5) is 5.00 Å². The minimum Gasteiger partial charge on any atom is -0.494 e. The molecule has 1 atom stereocenters. The fourth-order valence-corrected chi connectivity index (χ4v) is 6.06. The molecule has 0 radical (unpaired) electrons. The summed E-state index contributed by atoms with van der Waals surface area (Å²) in [6, 6.07) is 15.6. The van der Waals surface area contributed by atoms with Gasteiger partial charge in [-0.3, -0.25) is 4.79 Å². The minimum absolute atomic E-state index is 0.258. The van der Waals surface area contributed by atoms with Crippen molar-refractivity contribution in [2.75, 3.05) is 6.61 Å². The highest BCUT2D eigenvalue weighted by atomic mass is 32.1. The van der Waals surface area contributed by atoms with Gasteiger partial charge in [0.1, 0.15) is 11.1 Å². The molecule has 8 heteroatoms. The van der Waals surface area contributed by atoms with E-state index in [1.54, 1.807) is 55.5 Å². The van der Waals surface area contributed by atoms with Gasteiger partial charge in [0.2, 0.25) is 5.88 Å². The summed E-state index contributed by atoms with van der Waals surface area (Å²) in [6.45, 7) is 4.20. The van der Waals surface area contributed by atoms with Crippen molar-refractivity contribution in [3.05, 3.63) is 86.0 Å². The van der Waals surface area contributed by atoms with Crippen LogP contribution in [0.25, 0.3) is 16.5 Å². The van der Waals surface area contributed by atoms with E-state index in [1.165, 1.54) is 27.0 Å². The van der Waals surface area contributed by atoms with Crippen molar-refractivity contribution in [2.24, 2.45) is 10.9 Å². The largest absolute Gasteiger partial charge is 0.494 e. The van der Waals surface area contributed by atoms with Crippen LogP contribution in [0, 0.1) is 17.2 Å². The van der Waals surface area contributed by atoms with E-state index in [9.17, 15) is 20.0 Å². The van der Waals surface area contributed by atoms with Crippen molar-refractivity contribution < 1.29 is 14.6 Å². The minimum atomic E-state index is -0.460. The van der Waals surface area contributed by atoms with E-state index in [0.717, 1.165) is 24.8 Å². The number of esters is 1. The summed E-state index contributed by atoms with van der Waals surface area (Å²) in [5, 5.41) is 22.7. The van der Waals surface area contributed by atoms with E-state index in [1.807, 2.05) is 0 Å². The van der Waals surface area contributed by atoms with Gasteiger partial charge in [-0.1, -0.05) is 25.1 Å². The first-order valence-electron chi connectivity index (χ1n) is 12.2. The third kappa shape index (κ3) is 4.43. The number of aliphatic imine (C=N–C) groups is 1. The van der Waals surface area contributed by atoms with E-state index < -0.39 is 11.5 Å². The molecule has 1 aliphatic rings. The van der Waals surface area contributed by atoms with Crippen LogP contribution in [0.5, 0.6) is 5.88 Å². The second-order valence-corrected chi connectivity index (χ2v) is 10.2. The molecule has 0 fully saturated rings. The number of pyridine rings is 1. The molecule has 1 aliphatic carbocycles. The maximum absolute atomic E-state index is 13.4. The van der Waals surface area contributed by atoms with Crippen molar-refractivity contribution in [2.45, 2.75) is 33.1 Å². The van der Waals surface area contributed by atoms with Crippen LogP contribution in [-0.2, 0) is 17.6 Å². The Balaban J connectivity index is 1.63. The first-order valence-corrected chi connectivity index (χ1v) is 13.0. The lowest BCUT2D eigenvalue weighted by molar-refractivity contribution is 0.0526. The number of fused-ring (bicyclic) bond motifs is 2. The zero-order chi connectivity index (χ0) is 26.1. The molecule has 0 bridgehead atoms. The van der Waals surface area contributed by atoms with Gasteiger partial charge in [0.15, 0.2) is 0 Å². The Morgan fingerprint density at radius 2 is 1.97 bits per heavy atom. The van der Waals surface area contributed by atoms with Crippen LogP contribution in [0.1, 0.15) is 52.2 Å². The summed E-state index contributed by atoms with van der Waals surface area (Å²) < 4.78 is 6.23. The van der Waals surface area contributed by atoms with E-state index in [0.29, 0.717) is 44.1 Å². The number of benzene rings is 2. The predicted molar refractivity (Wildman–Crippen MR) is 145 cm³/mol. The van der Waals surface area contributed by atoms with Gasteiger partial charge in [0.05, 0.1) is 29.0 Å². The Kier molecular flexibility index (Phi) is 6.64. The Morgan fingerprint density at radius 1 is 1.24 bits per heavy atom. The smallest absolute Gasteiger partial charge is 0.338 e. The molecular formula is C29H25N3O4S. The average Bonchev–Trinajstić information content (AvgIpc) is 3.25. The summed E-state index contributed by atoms with van der Waals surface area (Å²) in [6.07, 6.45) is 4.38. The lowest BCUT2D eigenvalue weighted by Crippen LogP contribution is -2.20. The van der Waals surface area contributed by atoms with Gasteiger partial charge in [0, 0.05) is 21.9 Å². The monoisotopic (exact) mass is 511 g/mol. The van der Waals surface area contributed by atoms with Crippen LogP contribution in [0.15, 0.2) is 58.3 Å². The van der Waals surface area contributed by atoms with E-state index in [4.69, 9.17) is 4.74 Å². The van der Waals surface area contributed by atoms with E-state index in [2.05, 4.69) is 18.0 Å². The van der Waals surface area contributed by atoms with Crippen molar-refractivity contribution in [3.8, 4) is 17.6 Å². The Morgan fingerprint density at radius 3 is 2.68 bits per heavy atom. The summed E-state index contributed by atoms with van der Waals surface area (Å²) in [5.41, 5.74) is 2.39. The lowest BCUT2D eigenvalue weighted by Gasteiger charge is -2.17. The molecule has 2 aromatic carbocycles. The number of hydrogen-bond acceptors (Lipinski definition) is 7. The first kappa shape index (κ1) is 24.5. The summed E-state index contributed by atoms with van der Waals surface area (Å²) in [4.78, 5) is 31.3. The molecule has 0 saturated carbocycles. The second kappa shape index (κ2) is 10.0. The molecule has 5 rings (SSSR count). The molecule has 2 aromatic heterocycles. The van der Waals surface area contributed by atoms with Crippen LogP contribution >= 0.6 is 11.3 Å². The molecule has 7 nitrogen and oxygen atoms in total. The zero-order valence-corrected chi connectivity index (χ0v) is 21.3. The number of nitrogens with zero attached hydrogens (tertiary/aromatic N) is 3. The number of aromatic nitrogens is 1. The molecule has 1 unspecified atom stereocenters. The molecule has 0 spiro atoms. The van der Waals surface area contributed by atoms with E-state index in [-0.39, 0.29) is 12.5 Å². The Bertz CT molecular complexity index is 1640. The van der Waals surface area contributed by atoms with Crippen molar-refractivity contribution in [1.82, 2.24) is 4.57 Å². The maximum Gasteiger partial charge on any atom is 0.338 e. The average molecular weight is 512 g/mol. The molecule has 1 N–H and O–H groups in total. The SMILES string of the molecule is CCOC(=O)c1ccc(-n2c(O)c(/C=N/c3sc4c(c3C#N)CCC(C)C4)c3ccccc3c2=O)cc1. The van der Waals surface area contributed by atoms with Crippen LogP contribution in [-0.4, -0.2) is 28.5 Å². The zero-order valence-electron chi connectivity index (χ0n) is 20.5. The fraction of sp³-hybridized carbons (Fsp3) is 0.241. The Hall–Kier alpha value is -4.22. The van der Waals surface area contributed by atoms with Gasteiger partial charge < -0.3 is 9.84 Å². The van der Waals surface area contributed by atoms with Crippen molar-refractivity contribution in [3.63, 3.8) is 0 Å². The highest BCUT2D eigenvalue weighted by Gasteiger charge is 2.24. The molecule has 0 aliphatic heterocycles. The molecular weight excluding hydrogens is 486 g/mol. The maximum atomic E-state index is 13.4. The predicted octanol–water partition coefficient (Wildman–Crippen LogP) is 5.68. The molecule has 4 aromatic rings. The molecule has 186 valence electrons. The summed E-state index contributed by atoms with van der Waals surface area (Å²) >= 11 is 1.52. The van der Waals surface area contributed by atoms with Gasteiger partial charge >= 0.3 is 5.97 Å². The fourth-order valence-electron chi connectivity index (χ4n) is 4.76. The lowest BCUT2D eigenvalue weighted by atomic mass is 9.89. The molecule has 0 amide bonds. The normalized spacial score (nSPS) is 15.0. The number of carbonyl (C=O) groups is 1. The summed E-state index contributed by atoms with van der Waals surface area (Å²) in [7, 11) is 0. The van der Waals surface area contributed by atoms with Crippen LogP contribution in [0.3, 0.4) is 0 Å². The quantitative estimate of drug-likeness (QED) is 0.274.